The molecule has 36 heavy (non-hydrogen) atoms. The highest BCUT2D eigenvalue weighted by Gasteiger charge is 2.34. The van der Waals surface area contributed by atoms with Gasteiger partial charge >= 0.3 is 6.03 Å². The van der Waals surface area contributed by atoms with Crippen LogP contribution in [0.5, 0.6) is 0 Å². The van der Waals surface area contributed by atoms with Crippen LogP contribution in [0, 0.1) is 13.8 Å². The summed E-state index contributed by atoms with van der Waals surface area (Å²) in [5.74, 6) is 1.52. The van der Waals surface area contributed by atoms with Crippen molar-refractivity contribution < 1.29 is 9.32 Å². The average molecular weight is 503 g/mol. The number of carbonyl (C=O) groups is 1. The molecule has 184 valence electrons. The van der Waals surface area contributed by atoms with Gasteiger partial charge in [0.1, 0.15) is 11.6 Å². The van der Waals surface area contributed by atoms with E-state index in [1.54, 1.807) is 0 Å². The predicted molar refractivity (Wildman–Crippen MR) is 139 cm³/mol. The summed E-state index contributed by atoms with van der Waals surface area (Å²) in [5.41, 5.74) is 4.68. The molecule has 2 aromatic carbocycles. The molecule has 2 amide bonds. The number of piperazine rings is 1. The highest BCUT2D eigenvalue weighted by molar-refractivity contribution is 6.28. The van der Waals surface area contributed by atoms with Crippen LogP contribution in [0.25, 0.3) is 22.0 Å². The molecule has 1 aliphatic carbocycles. The van der Waals surface area contributed by atoms with Crippen LogP contribution in [0.1, 0.15) is 35.9 Å². The topological polar surface area (TPSA) is 87.4 Å². The van der Waals surface area contributed by atoms with E-state index >= 15 is 0 Å². The molecule has 0 spiro atoms. The van der Waals surface area contributed by atoms with E-state index in [2.05, 4.69) is 38.6 Å². The van der Waals surface area contributed by atoms with E-state index in [9.17, 15) is 4.79 Å². The summed E-state index contributed by atoms with van der Waals surface area (Å²) in [6.07, 6.45) is 2.12. The average Bonchev–Trinajstić information content (AvgIpc) is 3.65. The zero-order valence-electron chi connectivity index (χ0n) is 20.2. The minimum Gasteiger partial charge on any atom is -0.361 e. The zero-order valence-corrected chi connectivity index (χ0v) is 21.0. The number of halogens is 1. The molecule has 1 aliphatic heterocycles. The van der Waals surface area contributed by atoms with Crippen LogP contribution < -0.4 is 10.2 Å². The molecule has 2 aliphatic rings. The first kappa shape index (κ1) is 22.8. The third-order valence-electron chi connectivity index (χ3n) is 7.00. The van der Waals surface area contributed by atoms with E-state index in [4.69, 9.17) is 21.1 Å². The number of aromatic nitrogens is 3. The SMILES string of the molecule is Cc1noc(C)c1-c1ccc2nc(Cl)nc(N3CCN(C(=O)NC4CC4)CC3c3ccccc3)c2c1. The number of nitrogens with zero attached hydrogens (tertiary/aromatic N) is 5. The molecule has 8 nitrogen and oxygen atoms in total. The number of hydrogen-bond acceptors (Lipinski definition) is 6. The molecule has 1 unspecified atom stereocenters. The predicted octanol–water partition coefficient (Wildman–Crippen LogP) is 5.29. The minimum absolute atomic E-state index is 0.00403. The number of anilines is 1. The van der Waals surface area contributed by atoms with E-state index in [0.717, 1.165) is 57.7 Å². The maximum absolute atomic E-state index is 12.9. The molecular weight excluding hydrogens is 476 g/mol. The van der Waals surface area contributed by atoms with Gasteiger partial charge in [-0.3, -0.25) is 0 Å². The molecular formula is C27H27ClN6O2. The first-order valence-corrected chi connectivity index (χ1v) is 12.6. The molecule has 2 aromatic heterocycles. The Hall–Kier alpha value is -3.65. The van der Waals surface area contributed by atoms with Gasteiger partial charge in [0, 0.05) is 36.6 Å². The maximum Gasteiger partial charge on any atom is 0.317 e. The number of amides is 2. The van der Waals surface area contributed by atoms with Crippen LogP contribution in [-0.4, -0.2) is 51.7 Å². The van der Waals surface area contributed by atoms with Crippen molar-refractivity contribution in [3.8, 4) is 11.1 Å². The number of hydrogen-bond donors (Lipinski definition) is 1. The molecule has 1 N–H and O–H groups in total. The lowest BCUT2D eigenvalue weighted by molar-refractivity contribution is 0.184. The number of rotatable bonds is 4. The third kappa shape index (κ3) is 4.26. The Balaban J connectivity index is 1.43. The van der Waals surface area contributed by atoms with Gasteiger partial charge in [-0.1, -0.05) is 41.6 Å². The molecule has 0 bridgehead atoms. The number of aryl methyl sites for hydroxylation is 2. The van der Waals surface area contributed by atoms with Gasteiger partial charge in [0.2, 0.25) is 5.28 Å². The van der Waals surface area contributed by atoms with Crippen molar-refractivity contribution in [1.29, 1.82) is 0 Å². The van der Waals surface area contributed by atoms with Crippen molar-refractivity contribution in [3.63, 3.8) is 0 Å². The van der Waals surface area contributed by atoms with Gasteiger partial charge in [0.05, 0.1) is 17.3 Å². The van der Waals surface area contributed by atoms with Crippen molar-refractivity contribution in [2.45, 2.75) is 38.8 Å². The highest BCUT2D eigenvalue weighted by atomic mass is 35.5. The summed E-state index contributed by atoms with van der Waals surface area (Å²) >= 11 is 6.42. The smallest absolute Gasteiger partial charge is 0.317 e. The Bertz CT molecular complexity index is 1420. The van der Waals surface area contributed by atoms with E-state index in [-0.39, 0.29) is 17.4 Å². The van der Waals surface area contributed by atoms with Crippen molar-refractivity contribution >= 4 is 34.4 Å². The molecule has 9 heteroatoms. The molecule has 1 saturated heterocycles. The van der Waals surface area contributed by atoms with E-state index in [1.807, 2.05) is 49.1 Å². The molecule has 4 aromatic rings. The second-order valence-corrected chi connectivity index (χ2v) is 9.88. The zero-order chi connectivity index (χ0) is 24.8. The fourth-order valence-corrected chi connectivity index (χ4v) is 5.20. The van der Waals surface area contributed by atoms with Crippen LogP contribution in [0.3, 0.4) is 0 Å². The molecule has 0 radical (unpaired) electrons. The number of nitrogens with one attached hydrogen (secondary N) is 1. The van der Waals surface area contributed by atoms with E-state index in [1.165, 1.54) is 0 Å². The summed E-state index contributed by atoms with van der Waals surface area (Å²) in [6.45, 7) is 5.61. The molecule has 1 saturated carbocycles. The Kier molecular flexibility index (Phi) is 5.76. The van der Waals surface area contributed by atoms with E-state index in [0.29, 0.717) is 25.7 Å². The molecule has 1 atom stereocenters. The van der Waals surface area contributed by atoms with Crippen molar-refractivity contribution in [2.75, 3.05) is 24.5 Å². The van der Waals surface area contributed by atoms with Gasteiger partial charge in [0.15, 0.2) is 0 Å². The van der Waals surface area contributed by atoms with Crippen molar-refractivity contribution in [3.05, 3.63) is 70.8 Å². The monoisotopic (exact) mass is 502 g/mol. The number of urea groups is 1. The second-order valence-electron chi connectivity index (χ2n) is 9.54. The van der Waals surface area contributed by atoms with Gasteiger partial charge in [-0.25, -0.2) is 9.78 Å². The molecule has 6 rings (SSSR count). The van der Waals surface area contributed by atoms with Gasteiger partial charge in [-0.15, -0.1) is 0 Å². The van der Waals surface area contributed by atoms with Gasteiger partial charge in [0.25, 0.3) is 0 Å². The van der Waals surface area contributed by atoms with Gasteiger partial charge < -0.3 is 19.6 Å². The minimum atomic E-state index is -0.0817. The fraction of sp³-hybridized carbons (Fsp3) is 0.333. The highest BCUT2D eigenvalue weighted by Crippen LogP contribution is 2.37. The Morgan fingerprint density at radius 2 is 1.89 bits per heavy atom. The van der Waals surface area contributed by atoms with Crippen LogP contribution in [0.15, 0.2) is 53.1 Å². The Morgan fingerprint density at radius 3 is 2.61 bits per heavy atom. The van der Waals surface area contributed by atoms with Crippen LogP contribution in [-0.2, 0) is 0 Å². The number of carbonyl (C=O) groups excluding carboxylic acids is 1. The van der Waals surface area contributed by atoms with Crippen molar-refractivity contribution in [2.24, 2.45) is 0 Å². The molecule has 2 fully saturated rings. The summed E-state index contributed by atoms with van der Waals surface area (Å²) in [7, 11) is 0. The quantitative estimate of drug-likeness (QED) is 0.381. The first-order valence-electron chi connectivity index (χ1n) is 12.3. The number of fused-ring (bicyclic) bond motifs is 1. The standard InChI is InChI=1S/C27H27ClN6O2/c1-16-24(17(2)36-32-16)19-8-11-22-21(14-19)25(31-26(28)30-22)34-13-12-33(27(35)29-20-9-10-20)15-23(34)18-6-4-3-5-7-18/h3-8,11,14,20,23H,9-10,12-13,15H2,1-2H3,(H,29,35). The summed E-state index contributed by atoms with van der Waals surface area (Å²) in [4.78, 5) is 26.3. The van der Waals surface area contributed by atoms with Crippen LogP contribution >= 0.6 is 11.6 Å². The lowest BCUT2D eigenvalue weighted by Gasteiger charge is -2.42. The second kappa shape index (κ2) is 9.09. The summed E-state index contributed by atoms with van der Waals surface area (Å²) in [6, 6.07) is 16.5. The summed E-state index contributed by atoms with van der Waals surface area (Å²) in [5, 5.41) is 8.34. The Morgan fingerprint density at radius 1 is 1.08 bits per heavy atom. The molecule has 3 heterocycles. The largest absolute Gasteiger partial charge is 0.361 e. The van der Waals surface area contributed by atoms with E-state index < -0.39 is 0 Å². The third-order valence-corrected chi connectivity index (χ3v) is 7.17. The Labute approximate surface area is 214 Å². The van der Waals surface area contributed by atoms with Crippen molar-refractivity contribution in [1.82, 2.24) is 25.3 Å². The summed E-state index contributed by atoms with van der Waals surface area (Å²) < 4.78 is 5.41. The number of benzene rings is 2. The van der Waals surface area contributed by atoms with Gasteiger partial charge in [-0.2, -0.15) is 4.98 Å². The first-order chi connectivity index (χ1) is 17.5. The lowest BCUT2D eigenvalue weighted by Crippen LogP contribution is -2.53. The lowest BCUT2D eigenvalue weighted by atomic mass is 9.99. The van der Waals surface area contributed by atoms with Crippen LogP contribution in [0.2, 0.25) is 5.28 Å². The maximum atomic E-state index is 12.9. The van der Waals surface area contributed by atoms with Gasteiger partial charge in [-0.05, 0) is 61.5 Å². The normalized spacial score (nSPS) is 18.0. The van der Waals surface area contributed by atoms with Crippen LogP contribution in [0.4, 0.5) is 10.6 Å². The fourth-order valence-electron chi connectivity index (χ4n) is 5.03.